The molecule has 2 rings (SSSR count). The van der Waals surface area contributed by atoms with Crippen LogP contribution >= 0.6 is 22.9 Å². The predicted octanol–water partition coefficient (Wildman–Crippen LogP) is 3.26. The molecule has 0 unspecified atom stereocenters. The molecule has 22 heavy (non-hydrogen) atoms. The fourth-order valence-electron chi connectivity index (χ4n) is 1.75. The maximum atomic E-state index is 11.8. The van der Waals surface area contributed by atoms with Crippen molar-refractivity contribution in [2.75, 3.05) is 18.5 Å². The highest BCUT2D eigenvalue weighted by molar-refractivity contribution is 7.11. The topological polar surface area (TPSA) is 76.1 Å². The molecule has 1 heterocycles. The van der Waals surface area contributed by atoms with Gasteiger partial charge >= 0.3 is 6.03 Å². The largest absolute Gasteiger partial charge is 0.492 e. The monoisotopic (exact) mass is 340 g/mol. The van der Waals surface area contributed by atoms with Gasteiger partial charge in [0.1, 0.15) is 15.8 Å². The second-order valence-corrected chi connectivity index (χ2v) is 6.10. The van der Waals surface area contributed by atoms with Crippen LogP contribution in [-0.2, 0) is 6.42 Å². The zero-order chi connectivity index (χ0) is 15.9. The summed E-state index contributed by atoms with van der Waals surface area (Å²) in [5.74, 6) is 0.599. The van der Waals surface area contributed by atoms with Crippen LogP contribution in [0.5, 0.6) is 5.75 Å². The first kappa shape index (κ1) is 16.5. The number of nitrogens with zero attached hydrogens (tertiary/aromatic N) is 2. The Bertz CT molecular complexity index is 648. The van der Waals surface area contributed by atoms with Crippen LogP contribution in [-0.4, -0.2) is 29.4 Å². The molecule has 0 aliphatic heterocycles. The maximum Gasteiger partial charge on any atom is 0.319 e. The molecule has 0 bridgehead atoms. The Kier molecular flexibility index (Phi) is 5.97. The fraction of sp³-hybridized carbons (Fsp3) is 0.357. The molecule has 0 radical (unpaired) electrons. The minimum absolute atomic E-state index is 0.290. The van der Waals surface area contributed by atoms with Crippen LogP contribution in [0.1, 0.15) is 16.9 Å². The van der Waals surface area contributed by atoms with Crippen LogP contribution < -0.4 is 15.4 Å². The summed E-state index contributed by atoms with van der Waals surface area (Å²) in [4.78, 5) is 11.8. The summed E-state index contributed by atoms with van der Waals surface area (Å²) in [6, 6.07) is 4.83. The van der Waals surface area contributed by atoms with Gasteiger partial charge in [-0.05, 0) is 32.0 Å². The third kappa shape index (κ3) is 4.85. The van der Waals surface area contributed by atoms with Gasteiger partial charge in [-0.3, -0.25) is 0 Å². The van der Waals surface area contributed by atoms with Gasteiger partial charge < -0.3 is 15.4 Å². The van der Waals surface area contributed by atoms with Gasteiger partial charge in [0.15, 0.2) is 0 Å². The number of aryl methyl sites for hydroxylation is 1. The molecule has 0 spiro atoms. The number of hydrogen-bond donors (Lipinski definition) is 2. The van der Waals surface area contributed by atoms with Crippen molar-refractivity contribution in [2.45, 2.75) is 20.3 Å². The average molecular weight is 341 g/mol. The summed E-state index contributed by atoms with van der Waals surface area (Å²) in [6.07, 6.45) is 0.656. The molecule has 0 aliphatic carbocycles. The normalized spacial score (nSPS) is 10.3. The van der Waals surface area contributed by atoms with E-state index in [1.54, 1.807) is 18.2 Å². The van der Waals surface area contributed by atoms with Gasteiger partial charge in [0.05, 0.1) is 11.6 Å². The summed E-state index contributed by atoms with van der Waals surface area (Å²) in [5.41, 5.74) is 0.609. The fourth-order valence-corrected chi connectivity index (χ4v) is 2.69. The summed E-state index contributed by atoms with van der Waals surface area (Å²) < 4.78 is 5.34. The zero-order valence-electron chi connectivity index (χ0n) is 12.4. The second-order valence-electron chi connectivity index (χ2n) is 4.42. The molecular weight excluding hydrogens is 324 g/mol. The zero-order valence-corrected chi connectivity index (χ0v) is 13.9. The van der Waals surface area contributed by atoms with Crippen LogP contribution in [0.2, 0.25) is 5.02 Å². The van der Waals surface area contributed by atoms with Crippen molar-refractivity contribution in [2.24, 2.45) is 0 Å². The molecule has 2 aromatic rings. The number of amides is 2. The maximum absolute atomic E-state index is 11.8. The number of anilines is 1. The molecule has 1 aromatic carbocycles. The SMILES string of the molecule is CCOc1ccc(NC(=O)NCCc2nnc(C)s2)cc1Cl. The van der Waals surface area contributed by atoms with E-state index in [9.17, 15) is 4.79 Å². The van der Waals surface area contributed by atoms with Gasteiger partial charge in [0.25, 0.3) is 0 Å². The van der Waals surface area contributed by atoms with Crippen molar-refractivity contribution in [3.63, 3.8) is 0 Å². The van der Waals surface area contributed by atoms with Crippen molar-refractivity contribution in [3.8, 4) is 5.75 Å². The minimum atomic E-state index is -0.290. The summed E-state index contributed by atoms with van der Waals surface area (Å²) >= 11 is 7.59. The highest BCUT2D eigenvalue weighted by Crippen LogP contribution is 2.27. The Morgan fingerprint density at radius 3 is 2.86 bits per heavy atom. The van der Waals surface area contributed by atoms with Crippen LogP contribution in [0.4, 0.5) is 10.5 Å². The molecule has 1 aromatic heterocycles. The lowest BCUT2D eigenvalue weighted by Gasteiger charge is -2.09. The number of aromatic nitrogens is 2. The number of benzene rings is 1. The Morgan fingerprint density at radius 2 is 2.23 bits per heavy atom. The number of carbonyl (C=O) groups excluding carboxylic acids is 1. The smallest absolute Gasteiger partial charge is 0.319 e. The van der Waals surface area contributed by atoms with E-state index < -0.39 is 0 Å². The molecule has 118 valence electrons. The number of ether oxygens (including phenoxy) is 1. The van der Waals surface area contributed by atoms with Crippen molar-refractivity contribution < 1.29 is 9.53 Å². The van der Waals surface area contributed by atoms with E-state index in [0.717, 1.165) is 10.0 Å². The Hall–Kier alpha value is -1.86. The summed E-state index contributed by atoms with van der Waals surface area (Å²) in [7, 11) is 0. The van der Waals surface area contributed by atoms with Crippen molar-refractivity contribution >= 4 is 34.7 Å². The van der Waals surface area contributed by atoms with Gasteiger partial charge in [-0.2, -0.15) is 0 Å². The van der Waals surface area contributed by atoms with E-state index in [1.807, 2.05) is 13.8 Å². The molecule has 0 saturated heterocycles. The highest BCUT2D eigenvalue weighted by atomic mass is 35.5. The van der Waals surface area contributed by atoms with Gasteiger partial charge in [0, 0.05) is 18.7 Å². The van der Waals surface area contributed by atoms with E-state index in [-0.39, 0.29) is 6.03 Å². The van der Waals surface area contributed by atoms with Gasteiger partial charge in [0.2, 0.25) is 0 Å². The lowest BCUT2D eigenvalue weighted by atomic mass is 10.3. The molecule has 0 aliphatic rings. The molecule has 8 heteroatoms. The van der Waals surface area contributed by atoms with E-state index in [1.165, 1.54) is 11.3 Å². The molecule has 2 N–H and O–H groups in total. The Morgan fingerprint density at radius 1 is 1.41 bits per heavy atom. The third-order valence-electron chi connectivity index (χ3n) is 2.68. The number of urea groups is 1. The predicted molar refractivity (Wildman–Crippen MR) is 88.0 cm³/mol. The van der Waals surface area contributed by atoms with Gasteiger partial charge in [-0.25, -0.2) is 4.79 Å². The minimum Gasteiger partial charge on any atom is -0.492 e. The first-order valence-electron chi connectivity index (χ1n) is 6.84. The third-order valence-corrected chi connectivity index (χ3v) is 3.88. The number of hydrogen-bond acceptors (Lipinski definition) is 5. The van der Waals surface area contributed by atoms with E-state index >= 15 is 0 Å². The first-order valence-corrected chi connectivity index (χ1v) is 8.04. The molecule has 2 amide bonds. The molecule has 6 nitrogen and oxygen atoms in total. The van der Waals surface area contributed by atoms with E-state index in [2.05, 4.69) is 20.8 Å². The van der Waals surface area contributed by atoms with Crippen molar-refractivity contribution in [1.29, 1.82) is 0 Å². The number of carbonyl (C=O) groups is 1. The van der Waals surface area contributed by atoms with E-state index in [4.69, 9.17) is 16.3 Å². The molecule has 0 atom stereocenters. The molecular formula is C14H17ClN4O2S. The average Bonchev–Trinajstić information content (AvgIpc) is 2.88. The van der Waals surface area contributed by atoms with Crippen LogP contribution in [0, 0.1) is 6.92 Å². The van der Waals surface area contributed by atoms with Crippen LogP contribution in [0.15, 0.2) is 18.2 Å². The van der Waals surface area contributed by atoms with Crippen molar-refractivity contribution in [3.05, 3.63) is 33.2 Å². The van der Waals surface area contributed by atoms with Crippen molar-refractivity contribution in [1.82, 2.24) is 15.5 Å². The molecule has 0 fully saturated rings. The lowest BCUT2D eigenvalue weighted by molar-refractivity contribution is 0.252. The standard InChI is InChI=1S/C14H17ClN4O2S/c1-3-21-12-5-4-10(8-11(12)15)17-14(20)16-7-6-13-19-18-9(2)22-13/h4-5,8H,3,6-7H2,1-2H3,(H2,16,17,20). The summed E-state index contributed by atoms with van der Waals surface area (Å²) in [5, 5.41) is 15.7. The highest BCUT2D eigenvalue weighted by Gasteiger charge is 2.06. The van der Waals surface area contributed by atoms with Gasteiger partial charge in [-0.1, -0.05) is 11.6 Å². The Labute approximate surface area is 137 Å². The Balaban J connectivity index is 1.80. The number of rotatable bonds is 6. The van der Waals surface area contributed by atoms with Crippen LogP contribution in [0.25, 0.3) is 0 Å². The summed E-state index contributed by atoms with van der Waals surface area (Å²) in [6.45, 7) is 4.82. The van der Waals surface area contributed by atoms with Crippen LogP contribution in [0.3, 0.4) is 0 Å². The lowest BCUT2D eigenvalue weighted by Crippen LogP contribution is -2.30. The number of nitrogens with one attached hydrogen (secondary N) is 2. The number of halogens is 1. The quantitative estimate of drug-likeness (QED) is 0.846. The second kappa shape index (κ2) is 7.95. The molecule has 0 saturated carbocycles. The van der Waals surface area contributed by atoms with E-state index in [0.29, 0.717) is 36.0 Å². The first-order chi connectivity index (χ1) is 10.6. The van der Waals surface area contributed by atoms with Gasteiger partial charge in [-0.15, -0.1) is 21.5 Å².